The van der Waals surface area contributed by atoms with Crippen LogP contribution >= 0.6 is 23.2 Å². The van der Waals surface area contributed by atoms with Gasteiger partial charge in [-0.05, 0) is 23.8 Å². The van der Waals surface area contributed by atoms with Crippen molar-refractivity contribution in [3.8, 4) is 0 Å². The third-order valence-corrected chi connectivity index (χ3v) is 3.25. The summed E-state index contributed by atoms with van der Waals surface area (Å²) in [5.74, 6) is -0.528. The topological polar surface area (TPSA) is 53.4 Å². The summed E-state index contributed by atoms with van der Waals surface area (Å²) in [5, 5.41) is 9.84. The highest BCUT2D eigenvalue weighted by Gasteiger charge is 2.12. The molecule has 104 valence electrons. The van der Waals surface area contributed by atoms with Crippen LogP contribution in [0.5, 0.6) is 0 Å². The number of pyridine rings is 1. The van der Waals surface area contributed by atoms with Gasteiger partial charge in [0.15, 0.2) is 0 Å². The second-order valence-corrected chi connectivity index (χ2v) is 5.16. The number of aromatic carboxylic acids is 1. The Morgan fingerprint density at radius 1 is 1.35 bits per heavy atom. The van der Waals surface area contributed by atoms with Crippen LogP contribution in [-0.4, -0.2) is 23.1 Å². The number of carboxylic acid groups (broad SMARTS) is 1. The van der Waals surface area contributed by atoms with Gasteiger partial charge in [-0.15, -0.1) is 0 Å². The lowest BCUT2D eigenvalue weighted by atomic mass is 10.2. The van der Waals surface area contributed by atoms with Crippen molar-refractivity contribution in [1.29, 1.82) is 0 Å². The van der Waals surface area contributed by atoms with E-state index in [1.807, 2.05) is 30.1 Å². The standard InChI is InChI=1S/C14H12Cl2N2O2/c1-18(8-9-3-2-4-11(15)5-9)13-12(16)6-10(7-17-13)14(19)20/h2-7H,8H2,1H3,(H,19,20). The number of anilines is 1. The van der Waals surface area contributed by atoms with Crippen molar-refractivity contribution in [2.45, 2.75) is 6.54 Å². The molecule has 1 N–H and O–H groups in total. The highest BCUT2D eigenvalue weighted by atomic mass is 35.5. The van der Waals surface area contributed by atoms with Gasteiger partial charge in [0.2, 0.25) is 0 Å². The molecule has 0 amide bonds. The molecule has 0 atom stereocenters. The molecule has 0 unspecified atom stereocenters. The minimum absolute atomic E-state index is 0.0647. The van der Waals surface area contributed by atoms with Gasteiger partial charge in [-0.3, -0.25) is 0 Å². The number of carbonyl (C=O) groups is 1. The maximum Gasteiger partial charge on any atom is 0.337 e. The van der Waals surface area contributed by atoms with Gasteiger partial charge >= 0.3 is 5.97 Å². The first-order valence-electron chi connectivity index (χ1n) is 5.82. The Bertz CT molecular complexity index is 647. The van der Waals surface area contributed by atoms with Crippen LogP contribution in [-0.2, 0) is 6.54 Å². The van der Waals surface area contributed by atoms with Gasteiger partial charge in [0, 0.05) is 24.8 Å². The molecule has 1 aromatic carbocycles. The molecule has 0 fully saturated rings. The fraction of sp³-hybridized carbons (Fsp3) is 0.143. The highest BCUT2D eigenvalue weighted by molar-refractivity contribution is 6.33. The van der Waals surface area contributed by atoms with Crippen molar-refractivity contribution in [2.24, 2.45) is 0 Å². The molecule has 0 spiro atoms. The predicted octanol–water partition coefficient (Wildman–Crippen LogP) is 3.72. The molecule has 2 rings (SSSR count). The van der Waals surface area contributed by atoms with E-state index in [9.17, 15) is 4.79 Å². The summed E-state index contributed by atoms with van der Waals surface area (Å²) in [4.78, 5) is 16.8. The van der Waals surface area contributed by atoms with Gasteiger partial charge < -0.3 is 10.0 Å². The van der Waals surface area contributed by atoms with E-state index in [-0.39, 0.29) is 5.56 Å². The van der Waals surface area contributed by atoms with E-state index in [1.165, 1.54) is 12.3 Å². The predicted molar refractivity (Wildman–Crippen MR) is 79.8 cm³/mol. The number of hydrogen-bond acceptors (Lipinski definition) is 3. The quantitative estimate of drug-likeness (QED) is 0.935. The molecule has 2 aromatic rings. The second-order valence-electron chi connectivity index (χ2n) is 4.32. The number of nitrogens with zero attached hydrogens (tertiary/aromatic N) is 2. The van der Waals surface area contributed by atoms with Crippen LogP contribution in [0.2, 0.25) is 10.0 Å². The molecule has 1 heterocycles. The van der Waals surface area contributed by atoms with E-state index in [2.05, 4.69) is 4.98 Å². The van der Waals surface area contributed by atoms with E-state index < -0.39 is 5.97 Å². The van der Waals surface area contributed by atoms with Crippen LogP contribution in [0.25, 0.3) is 0 Å². The van der Waals surface area contributed by atoms with Gasteiger partial charge in [-0.25, -0.2) is 9.78 Å². The van der Waals surface area contributed by atoms with Crippen molar-refractivity contribution in [2.75, 3.05) is 11.9 Å². The van der Waals surface area contributed by atoms with Gasteiger partial charge in [0.25, 0.3) is 0 Å². The zero-order valence-corrected chi connectivity index (χ0v) is 12.2. The molecule has 1 aromatic heterocycles. The first kappa shape index (κ1) is 14.6. The molecule has 0 aliphatic heterocycles. The largest absolute Gasteiger partial charge is 0.478 e. The Hall–Kier alpha value is -1.78. The number of benzene rings is 1. The summed E-state index contributed by atoms with van der Waals surface area (Å²) in [6.07, 6.45) is 1.29. The van der Waals surface area contributed by atoms with Crippen LogP contribution in [0.1, 0.15) is 15.9 Å². The Morgan fingerprint density at radius 2 is 2.10 bits per heavy atom. The number of aromatic nitrogens is 1. The minimum atomic E-state index is -1.05. The fourth-order valence-corrected chi connectivity index (χ4v) is 2.34. The van der Waals surface area contributed by atoms with Gasteiger partial charge in [-0.2, -0.15) is 0 Å². The van der Waals surface area contributed by atoms with E-state index in [4.69, 9.17) is 28.3 Å². The molecule has 0 radical (unpaired) electrons. The van der Waals surface area contributed by atoms with Gasteiger partial charge in [-0.1, -0.05) is 35.3 Å². The van der Waals surface area contributed by atoms with Crippen molar-refractivity contribution in [1.82, 2.24) is 4.98 Å². The van der Waals surface area contributed by atoms with E-state index in [1.54, 1.807) is 6.07 Å². The number of hydrogen-bond donors (Lipinski definition) is 1. The molecule has 6 heteroatoms. The smallest absolute Gasteiger partial charge is 0.337 e. The second kappa shape index (κ2) is 6.11. The van der Waals surface area contributed by atoms with Gasteiger partial charge in [0.05, 0.1) is 10.6 Å². The van der Waals surface area contributed by atoms with Gasteiger partial charge in [0.1, 0.15) is 5.82 Å². The number of halogens is 2. The average molecular weight is 311 g/mol. The maximum absolute atomic E-state index is 10.8. The molecule has 20 heavy (non-hydrogen) atoms. The van der Waals surface area contributed by atoms with Crippen LogP contribution in [0.3, 0.4) is 0 Å². The molecular formula is C14H12Cl2N2O2. The van der Waals surface area contributed by atoms with Crippen LogP contribution in [0.4, 0.5) is 5.82 Å². The monoisotopic (exact) mass is 310 g/mol. The van der Waals surface area contributed by atoms with E-state index in [0.717, 1.165) is 5.56 Å². The van der Waals surface area contributed by atoms with Crippen molar-refractivity contribution in [3.05, 3.63) is 57.7 Å². The Labute approximate surface area is 126 Å². The van der Waals surface area contributed by atoms with Crippen molar-refractivity contribution >= 4 is 35.0 Å². The Kier molecular flexibility index (Phi) is 4.47. The molecule has 0 saturated heterocycles. The van der Waals surface area contributed by atoms with Crippen LogP contribution < -0.4 is 4.90 Å². The highest BCUT2D eigenvalue weighted by Crippen LogP contribution is 2.25. The number of carboxylic acids is 1. The third kappa shape index (κ3) is 3.40. The minimum Gasteiger partial charge on any atom is -0.478 e. The lowest BCUT2D eigenvalue weighted by molar-refractivity contribution is 0.0696. The maximum atomic E-state index is 10.8. The lowest BCUT2D eigenvalue weighted by Crippen LogP contribution is -2.18. The summed E-state index contributed by atoms with van der Waals surface area (Å²) in [7, 11) is 1.83. The fourth-order valence-electron chi connectivity index (χ4n) is 1.81. The third-order valence-electron chi connectivity index (χ3n) is 2.74. The summed E-state index contributed by atoms with van der Waals surface area (Å²) in [5.41, 5.74) is 1.08. The molecule has 4 nitrogen and oxygen atoms in total. The first-order valence-corrected chi connectivity index (χ1v) is 6.57. The number of rotatable bonds is 4. The molecular weight excluding hydrogens is 299 g/mol. The Balaban J connectivity index is 2.21. The zero-order valence-electron chi connectivity index (χ0n) is 10.7. The summed E-state index contributed by atoms with van der Waals surface area (Å²) in [6.45, 7) is 0.569. The normalized spacial score (nSPS) is 10.3. The SMILES string of the molecule is CN(Cc1cccc(Cl)c1)c1ncc(C(=O)O)cc1Cl. The van der Waals surface area contributed by atoms with Crippen LogP contribution in [0, 0.1) is 0 Å². The lowest BCUT2D eigenvalue weighted by Gasteiger charge is -2.19. The molecule has 0 saturated carbocycles. The zero-order chi connectivity index (χ0) is 14.7. The van der Waals surface area contributed by atoms with Crippen molar-refractivity contribution < 1.29 is 9.90 Å². The molecule has 0 bridgehead atoms. The average Bonchev–Trinajstić information content (AvgIpc) is 2.38. The van der Waals surface area contributed by atoms with Crippen molar-refractivity contribution in [3.63, 3.8) is 0 Å². The summed E-state index contributed by atoms with van der Waals surface area (Å²) < 4.78 is 0. The Morgan fingerprint density at radius 3 is 2.70 bits per heavy atom. The van der Waals surface area contributed by atoms with Crippen LogP contribution in [0.15, 0.2) is 36.5 Å². The summed E-state index contributed by atoms with van der Waals surface area (Å²) in [6, 6.07) is 8.87. The molecule has 0 aliphatic rings. The van der Waals surface area contributed by atoms with E-state index >= 15 is 0 Å². The first-order chi connectivity index (χ1) is 9.47. The molecule has 0 aliphatic carbocycles. The van der Waals surface area contributed by atoms with E-state index in [0.29, 0.717) is 22.4 Å². The summed E-state index contributed by atoms with van der Waals surface area (Å²) >= 11 is 12.0.